The van der Waals surface area contributed by atoms with Gasteiger partial charge in [0.1, 0.15) is 5.75 Å². The van der Waals surface area contributed by atoms with Gasteiger partial charge in [0.05, 0.1) is 0 Å². The van der Waals surface area contributed by atoms with Crippen LogP contribution >= 0.6 is 56.9 Å². The largest absolute Gasteiger partial charge is 0.482 e. The molecule has 3 nitrogen and oxygen atoms in total. The highest BCUT2D eigenvalue weighted by Gasteiger charge is 2.09. The number of halogens is 2. The van der Waals surface area contributed by atoms with E-state index in [-0.39, 0.29) is 6.61 Å². The highest BCUT2D eigenvalue weighted by molar-refractivity contribution is 14.1. The predicted octanol–water partition coefficient (Wildman–Crippen LogP) is 6.58. The van der Waals surface area contributed by atoms with Crippen molar-refractivity contribution in [1.82, 2.24) is 0 Å². The second-order valence-electron chi connectivity index (χ2n) is 6.05. The first-order valence-corrected chi connectivity index (χ1v) is 12.0. The van der Waals surface area contributed by atoms with Gasteiger partial charge in [-0.3, -0.25) is 0 Å². The lowest BCUT2D eigenvalue weighted by Gasteiger charge is -2.11. The molecule has 0 saturated carbocycles. The van der Waals surface area contributed by atoms with E-state index in [2.05, 4.69) is 99.8 Å². The lowest BCUT2D eigenvalue weighted by Crippen LogP contribution is -2.09. The van der Waals surface area contributed by atoms with Crippen LogP contribution in [0.3, 0.4) is 0 Å². The molecule has 0 fully saturated rings. The van der Waals surface area contributed by atoms with E-state index in [9.17, 15) is 4.79 Å². The minimum Gasteiger partial charge on any atom is -0.482 e. The Hall–Kier alpha value is -1.52. The van der Waals surface area contributed by atoms with E-state index in [1.54, 1.807) is 11.8 Å². The summed E-state index contributed by atoms with van der Waals surface area (Å²) in [6.07, 6.45) is 2.27. The molecule has 3 aromatic carbocycles. The van der Waals surface area contributed by atoms with E-state index in [0.29, 0.717) is 5.75 Å². The van der Waals surface area contributed by atoms with Gasteiger partial charge in [-0.2, -0.15) is 0 Å². The van der Waals surface area contributed by atoms with Gasteiger partial charge in [0.2, 0.25) is 0 Å². The zero-order valence-corrected chi connectivity index (χ0v) is 20.5. The third-order valence-corrected chi connectivity index (χ3v) is 7.24. The lowest BCUT2D eigenvalue weighted by molar-refractivity contribution is -0.139. The predicted molar refractivity (Wildman–Crippen MR) is 136 cm³/mol. The number of carbonyl (C=O) groups is 1. The van der Waals surface area contributed by atoms with Crippen LogP contribution in [-0.2, 0) is 4.79 Å². The van der Waals surface area contributed by atoms with Crippen LogP contribution < -0.4 is 4.74 Å². The van der Waals surface area contributed by atoms with Gasteiger partial charge in [-0.15, -0.1) is 11.8 Å². The Balaban J connectivity index is 1.78. The van der Waals surface area contributed by atoms with E-state index in [4.69, 9.17) is 9.84 Å². The molecule has 0 aliphatic rings. The van der Waals surface area contributed by atoms with Crippen molar-refractivity contribution in [2.24, 2.45) is 0 Å². The maximum absolute atomic E-state index is 10.6. The number of rotatable bonds is 8. The zero-order chi connectivity index (χ0) is 20.6. The van der Waals surface area contributed by atoms with E-state index < -0.39 is 5.97 Å². The average molecular weight is 628 g/mol. The van der Waals surface area contributed by atoms with Crippen molar-refractivity contribution in [3.8, 4) is 5.75 Å². The molecular weight excluding hydrogens is 610 g/mol. The number of thioether (sulfide) groups is 1. The van der Waals surface area contributed by atoms with Crippen molar-refractivity contribution in [2.45, 2.75) is 4.90 Å². The van der Waals surface area contributed by atoms with Crippen molar-refractivity contribution in [3.63, 3.8) is 0 Å². The molecule has 0 bridgehead atoms. The van der Waals surface area contributed by atoms with Crippen LogP contribution in [0.2, 0.25) is 0 Å². The number of aliphatic carboxylic acids is 1. The first-order chi connectivity index (χ1) is 14.0. The van der Waals surface area contributed by atoms with Gasteiger partial charge in [-0.1, -0.05) is 54.6 Å². The molecule has 0 aliphatic carbocycles. The SMILES string of the molecule is O=C(O)COc1ccc(SC/C=C(/c2ccccc2)c2ccccc2I)c(I)c1. The molecule has 0 heterocycles. The summed E-state index contributed by atoms with van der Waals surface area (Å²) in [4.78, 5) is 11.8. The third kappa shape index (κ3) is 6.48. The van der Waals surface area contributed by atoms with Crippen molar-refractivity contribution in [2.75, 3.05) is 12.4 Å². The summed E-state index contributed by atoms with van der Waals surface area (Å²) in [5.74, 6) is 0.411. The molecule has 0 radical (unpaired) electrons. The molecule has 0 amide bonds. The summed E-state index contributed by atoms with van der Waals surface area (Å²) in [6, 6.07) is 24.5. The molecular formula is C23H18I2O3S. The molecule has 1 N–H and O–H groups in total. The molecule has 0 spiro atoms. The second kappa shape index (κ2) is 11.0. The maximum Gasteiger partial charge on any atom is 0.341 e. The standard InChI is InChI=1S/C23H18I2O3S/c24-20-9-5-4-8-19(20)18(16-6-2-1-3-7-16)12-13-29-22-11-10-17(14-21(22)25)28-15-23(26)27/h1-12,14H,13,15H2,(H,26,27)/b18-12-. The van der Waals surface area contributed by atoms with Crippen LogP contribution in [0, 0.1) is 7.14 Å². The summed E-state index contributed by atoms with van der Waals surface area (Å²) < 4.78 is 7.51. The number of carboxylic acid groups (broad SMARTS) is 1. The van der Waals surface area contributed by atoms with Gasteiger partial charge in [0.15, 0.2) is 6.61 Å². The summed E-state index contributed by atoms with van der Waals surface area (Å²) in [7, 11) is 0. The van der Waals surface area contributed by atoms with Gasteiger partial charge >= 0.3 is 5.97 Å². The smallest absolute Gasteiger partial charge is 0.341 e. The molecule has 0 unspecified atom stereocenters. The van der Waals surface area contributed by atoms with Crippen molar-refractivity contribution >= 4 is 68.5 Å². The Morgan fingerprint density at radius 2 is 1.69 bits per heavy atom. The van der Waals surface area contributed by atoms with Crippen LogP contribution in [-0.4, -0.2) is 23.4 Å². The Labute approximate surface area is 201 Å². The Morgan fingerprint density at radius 1 is 0.966 bits per heavy atom. The maximum atomic E-state index is 10.6. The van der Waals surface area contributed by atoms with Gasteiger partial charge in [0.25, 0.3) is 0 Å². The van der Waals surface area contributed by atoms with Crippen LogP contribution in [0.4, 0.5) is 0 Å². The van der Waals surface area contributed by atoms with E-state index in [0.717, 1.165) is 14.2 Å². The summed E-state index contributed by atoms with van der Waals surface area (Å²) in [6.45, 7) is -0.332. The van der Waals surface area contributed by atoms with Crippen LogP contribution in [0.1, 0.15) is 11.1 Å². The molecule has 0 saturated heterocycles. The minimum absolute atomic E-state index is 0.332. The fourth-order valence-corrected chi connectivity index (χ4v) is 5.15. The highest BCUT2D eigenvalue weighted by Crippen LogP contribution is 2.31. The van der Waals surface area contributed by atoms with Gasteiger partial charge < -0.3 is 9.84 Å². The van der Waals surface area contributed by atoms with E-state index >= 15 is 0 Å². The fourth-order valence-electron chi connectivity index (χ4n) is 2.73. The number of carboxylic acids is 1. The van der Waals surface area contributed by atoms with Crippen molar-refractivity contribution < 1.29 is 14.6 Å². The van der Waals surface area contributed by atoms with Gasteiger partial charge in [-0.25, -0.2) is 4.79 Å². The number of hydrogen-bond donors (Lipinski definition) is 1. The lowest BCUT2D eigenvalue weighted by atomic mass is 9.98. The first-order valence-electron chi connectivity index (χ1n) is 8.82. The molecule has 3 rings (SSSR count). The normalized spacial score (nSPS) is 11.3. The molecule has 29 heavy (non-hydrogen) atoms. The number of benzene rings is 3. The molecule has 0 atom stereocenters. The van der Waals surface area contributed by atoms with Gasteiger partial charge in [-0.05, 0) is 86.1 Å². The minimum atomic E-state index is -0.979. The summed E-state index contributed by atoms with van der Waals surface area (Å²) in [5.41, 5.74) is 3.65. The zero-order valence-electron chi connectivity index (χ0n) is 15.3. The number of ether oxygens (including phenoxy) is 1. The summed E-state index contributed by atoms with van der Waals surface area (Å²) in [5, 5.41) is 8.74. The third-order valence-electron chi connectivity index (χ3n) is 4.04. The number of hydrogen-bond acceptors (Lipinski definition) is 3. The Kier molecular flexibility index (Phi) is 8.43. The average Bonchev–Trinajstić information content (AvgIpc) is 2.72. The molecule has 6 heteroatoms. The quantitative estimate of drug-likeness (QED) is 0.226. The first kappa shape index (κ1) is 22.2. The van der Waals surface area contributed by atoms with Crippen LogP contribution in [0.5, 0.6) is 5.75 Å². The topological polar surface area (TPSA) is 46.5 Å². The Morgan fingerprint density at radius 3 is 2.38 bits per heavy atom. The molecule has 3 aromatic rings. The van der Waals surface area contributed by atoms with Gasteiger partial charge in [0, 0.05) is 17.8 Å². The van der Waals surface area contributed by atoms with Crippen molar-refractivity contribution in [3.05, 3.63) is 97.1 Å². The Bertz CT molecular complexity index is 1020. The second-order valence-corrected chi connectivity index (χ2v) is 9.44. The van der Waals surface area contributed by atoms with Crippen LogP contribution in [0.15, 0.2) is 83.8 Å². The monoisotopic (exact) mass is 628 g/mol. The molecule has 0 aliphatic heterocycles. The fraction of sp³-hybridized carbons (Fsp3) is 0.0870. The highest BCUT2D eigenvalue weighted by atomic mass is 127. The molecule has 148 valence electrons. The summed E-state index contributed by atoms with van der Waals surface area (Å²) >= 11 is 6.39. The van der Waals surface area contributed by atoms with E-state index in [1.807, 2.05) is 24.3 Å². The molecule has 0 aromatic heterocycles. The van der Waals surface area contributed by atoms with Crippen LogP contribution in [0.25, 0.3) is 5.57 Å². The van der Waals surface area contributed by atoms with Crippen molar-refractivity contribution in [1.29, 1.82) is 0 Å². The van der Waals surface area contributed by atoms with E-state index in [1.165, 1.54) is 20.3 Å².